The topological polar surface area (TPSA) is 112 Å². The average Bonchev–Trinajstić information content (AvgIpc) is 2.47. The van der Waals surface area contributed by atoms with Crippen molar-refractivity contribution in [1.29, 1.82) is 0 Å². The first-order valence-corrected chi connectivity index (χ1v) is 9.33. The van der Waals surface area contributed by atoms with E-state index in [-0.39, 0.29) is 12.1 Å². The van der Waals surface area contributed by atoms with Crippen LogP contribution >= 0.6 is 0 Å². The monoisotopic (exact) mass is 357 g/mol. The van der Waals surface area contributed by atoms with Gasteiger partial charge < -0.3 is 5.11 Å². The molecule has 2 N–H and O–H groups in total. The average molecular weight is 357 g/mol. The molecule has 1 rings (SSSR count). The van der Waals surface area contributed by atoms with E-state index in [9.17, 15) is 23.1 Å². The Balaban J connectivity index is 3.21. The number of hydrogen-bond acceptors (Lipinski definition) is 4. The second-order valence-corrected chi connectivity index (χ2v) is 7.16. The maximum Gasteiger partial charge on any atom is 0.327 e. The molecule has 0 aliphatic heterocycles. The van der Waals surface area contributed by atoms with Crippen LogP contribution in [-0.4, -0.2) is 41.7 Å². The van der Waals surface area contributed by atoms with Crippen LogP contribution in [0.15, 0.2) is 24.3 Å². The summed E-state index contributed by atoms with van der Waals surface area (Å²) in [6.07, 6.45) is 2.39. The third-order valence-electron chi connectivity index (χ3n) is 3.54. The summed E-state index contributed by atoms with van der Waals surface area (Å²) in [6.45, 7) is 3.81. The summed E-state index contributed by atoms with van der Waals surface area (Å²) < 4.78 is 31.4. The van der Waals surface area contributed by atoms with E-state index in [1.807, 2.05) is 13.8 Å². The van der Waals surface area contributed by atoms with Crippen LogP contribution in [0, 0.1) is 6.92 Å². The Morgan fingerprint density at radius 2 is 1.75 bits per heavy atom. The normalized spacial score (nSPS) is 12.6. The number of hydrogen-bond donors (Lipinski definition) is 2. The second kappa shape index (κ2) is 8.79. The smallest absolute Gasteiger partial charge is 0.327 e. The standard InChI is InChI=1S/C16H23NO6S/c1-3-4-5-6-15(18)17(13-9-7-12(2)8-10-13)14(16(19)20)11-24(21,22)23/h7-10,14H,3-6,11H2,1-2H3,(H,19,20)(H,21,22,23)/t14-/m0/s1. The predicted octanol–water partition coefficient (Wildman–Crippen LogP) is 2.25. The Morgan fingerprint density at radius 3 is 2.21 bits per heavy atom. The fourth-order valence-electron chi connectivity index (χ4n) is 2.31. The van der Waals surface area contributed by atoms with Crippen molar-refractivity contribution in [2.75, 3.05) is 10.7 Å². The molecular weight excluding hydrogens is 334 g/mol. The van der Waals surface area contributed by atoms with Gasteiger partial charge in [0, 0.05) is 12.1 Å². The molecule has 7 nitrogen and oxygen atoms in total. The zero-order valence-electron chi connectivity index (χ0n) is 13.8. The molecule has 0 heterocycles. The van der Waals surface area contributed by atoms with Gasteiger partial charge in [0.05, 0.1) is 0 Å². The molecule has 0 unspecified atom stereocenters. The Morgan fingerprint density at radius 1 is 1.17 bits per heavy atom. The highest BCUT2D eigenvalue weighted by molar-refractivity contribution is 7.85. The quantitative estimate of drug-likeness (QED) is 0.518. The summed E-state index contributed by atoms with van der Waals surface area (Å²) in [5.41, 5.74) is 1.21. The molecule has 134 valence electrons. The first-order chi connectivity index (χ1) is 11.2. The molecule has 0 aliphatic rings. The third kappa shape index (κ3) is 6.29. The van der Waals surface area contributed by atoms with E-state index in [4.69, 9.17) is 4.55 Å². The fourth-order valence-corrected chi connectivity index (χ4v) is 3.00. The Labute approximate surface area is 142 Å². The van der Waals surface area contributed by atoms with E-state index < -0.39 is 33.8 Å². The number of aryl methyl sites for hydroxylation is 1. The van der Waals surface area contributed by atoms with Crippen LogP contribution in [0.3, 0.4) is 0 Å². The number of rotatable bonds is 9. The van der Waals surface area contributed by atoms with Crippen LogP contribution in [0.25, 0.3) is 0 Å². The zero-order chi connectivity index (χ0) is 18.3. The lowest BCUT2D eigenvalue weighted by atomic mass is 10.1. The van der Waals surface area contributed by atoms with Gasteiger partial charge in [0.1, 0.15) is 5.75 Å². The molecule has 8 heteroatoms. The maximum absolute atomic E-state index is 12.5. The highest BCUT2D eigenvalue weighted by Crippen LogP contribution is 2.21. The van der Waals surface area contributed by atoms with Gasteiger partial charge >= 0.3 is 5.97 Å². The molecule has 0 radical (unpaired) electrons. The molecule has 1 aromatic rings. The van der Waals surface area contributed by atoms with E-state index in [2.05, 4.69) is 0 Å². The molecule has 0 spiro atoms. The van der Waals surface area contributed by atoms with Crippen molar-refractivity contribution >= 4 is 27.7 Å². The third-order valence-corrected chi connectivity index (χ3v) is 4.28. The first-order valence-electron chi connectivity index (χ1n) is 7.72. The number of carboxylic acids is 1. The predicted molar refractivity (Wildman–Crippen MR) is 90.6 cm³/mol. The van der Waals surface area contributed by atoms with Crippen molar-refractivity contribution in [1.82, 2.24) is 0 Å². The largest absolute Gasteiger partial charge is 0.480 e. The van der Waals surface area contributed by atoms with Crippen LogP contribution in [0.5, 0.6) is 0 Å². The van der Waals surface area contributed by atoms with Gasteiger partial charge in [-0.15, -0.1) is 0 Å². The van der Waals surface area contributed by atoms with Crippen LogP contribution in [0.4, 0.5) is 5.69 Å². The van der Waals surface area contributed by atoms with Crippen LogP contribution in [0.1, 0.15) is 38.2 Å². The Hall–Kier alpha value is -1.93. The summed E-state index contributed by atoms with van der Waals surface area (Å²) in [5, 5.41) is 9.37. The van der Waals surface area contributed by atoms with Gasteiger partial charge in [-0.3, -0.25) is 14.2 Å². The SMILES string of the molecule is CCCCCC(=O)N(c1ccc(C)cc1)[C@@H](CS(=O)(=O)O)C(=O)O. The summed E-state index contributed by atoms with van der Waals surface area (Å²) in [4.78, 5) is 25.0. The summed E-state index contributed by atoms with van der Waals surface area (Å²) >= 11 is 0. The zero-order valence-corrected chi connectivity index (χ0v) is 14.6. The number of amides is 1. The van der Waals surface area contributed by atoms with E-state index in [1.165, 1.54) is 0 Å². The number of nitrogens with zero attached hydrogens (tertiary/aromatic N) is 1. The fraction of sp³-hybridized carbons (Fsp3) is 0.500. The van der Waals surface area contributed by atoms with Crippen molar-refractivity contribution < 1.29 is 27.7 Å². The van der Waals surface area contributed by atoms with Gasteiger partial charge in [0.15, 0.2) is 6.04 Å². The number of aliphatic carboxylic acids is 1. The Bertz CT molecular complexity index is 668. The van der Waals surface area contributed by atoms with Gasteiger partial charge in [-0.25, -0.2) is 4.79 Å². The number of carboxylic acid groups (broad SMARTS) is 1. The molecule has 0 bridgehead atoms. The molecule has 0 saturated carbocycles. The van der Waals surface area contributed by atoms with Crippen molar-refractivity contribution in [2.45, 2.75) is 45.6 Å². The van der Waals surface area contributed by atoms with Crippen molar-refractivity contribution in [3.8, 4) is 0 Å². The van der Waals surface area contributed by atoms with Crippen LogP contribution in [-0.2, 0) is 19.7 Å². The van der Waals surface area contributed by atoms with Crippen LogP contribution < -0.4 is 4.90 Å². The van der Waals surface area contributed by atoms with Gasteiger partial charge in [0.25, 0.3) is 10.1 Å². The summed E-state index contributed by atoms with van der Waals surface area (Å²) in [7, 11) is -4.56. The molecule has 1 atom stereocenters. The maximum atomic E-state index is 12.5. The number of unbranched alkanes of at least 4 members (excludes halogenated alkanes) is 2. The van der Waals surface area contributed by atoms with E-state index in [0.717, 1.165) is 23.3 Å². The highest BCUT2D eigenvalue weighted by atomic mass is 32.2. The van der Waals surface area contributed by atoms with E-state index >= 15 is 0 Å². The number of carbonyl (C=O) groups excluding carboxylic acids is 1. The lowest BCUT2D eigenvalue weighted by Crippen LogP contribution is -2.49. The lowest BCUT2D eigenvalue weighted by Gasteiger charge is -2.28. The second-order valence-electron chi connectivity index (χ2n) is 5.66. The number of carbonyl (C=O) groups is 2. The molecule has 0 fully saturated rings. The van der Waals surface area contributed by atoms with Crippen molar-refractivity contribution in [2.24, 2.45) is 0 Å². The minimum absolute atomic E-state index is 0.108. The molecule has 0 aliphatic carbocycles. The minimum Gasteiger partial charge on any atom is -0.480 e. The van der Waals surface area contributed by atoms with Gasteiger partial charge in [-0.2, -0.15) is 8.42 Å². The summed E-state index contributed by atoms with van der Waals surface area (Å²) in [5.74, 6) is -3.03. The van der Waals surface area contributed by atoms with Crippen molar-refractivity contribution in [3.63, 3.8) is 0 Å². The summed E-state index contributed by atoms with van der Waals surface area (Å²) in [6, 6.07) is 4.85. The van der Waals surface area contributed by atoms with Gasteiger partial charge in [-0.1, -0.05) is 37.5 Å². The van der Waals surface area contributed by atoms with Gasteiger partial charge in [-0.05, 0) is 25.5 Å². The molecule has 0 aromatic heterocycles. The van der Waals surface area contributed by atoms with Crippen molar-refractivity contribution in [3.05, 3.63) is 29.8 Å². The number of anilines is 1. The molecule has 24 heavy (non-hydrogen) atoms. The molecule has 1 aromatic carbocycles. The van der Waals surface area contributed by atoms with E-state index in [0.29, 0.717) is 6.42 Å². The lowest BCUT2D eigenvalue weighted by molar-refractivity contribution is -0.139. The van der Waals surface area contributed by atoms with E-state index in [1.54, 1.807) is 24.3 Å². The van der Waals surface area contributed by atoms with Gasteiger partial charge in [0.2, 0.25) is 5.91 Å². The first kappa shape index (κ1) is 20.1. The molecule has 1 amide bonds. The van der Waals surface area contributed by atoms with Crippen LogP contribution in [0.2, 0.25) is 0 Å². The number of benzene rings is 1. The Kier molecular flexibility index (Phi) is 7.37. The minimum atomic E-state index is -4.56. The molecular formula is C16H23NO6S. The molecule has 0 saturated heterocycles. The highest BCUT2D eigenvalue weighted by Gasteiger charge is 2.34.